The van der Waals surface area contributed by atoms with Gasteiger partial charge in [-0.3, -0.25) is 20.2 Å². The SMILES string of the molecule is CCCCCc1nnc(NC(=O)c2ccc(N)c([N+](=O)[O-])c2)s1. The lowest BCUT2D eigenvalue weighted by atomic mass is 10.1. The Morgan fingerprint density at radius 3 is 2.87 bits per heavy atom. The summed E-state index contributed by atoms with van der Waals surface area (Å²) in [5.41, 5.74) is 5.38. The Morgan fingerprint density at radius 2 is 2.17 bits per heavy atom. The molecule has 1 aromatic heterocycles. The molecule has 1 amide bonds. The summed E-state index contributed by atoms with van der Waals surface area (Å²) in [5.74, 6) is -0.482. The Hall–Kier alpha value is -2.55. The van der Waals surface area contributed by atoms with Crippen molar-refractivity contribution < 1.29 is 9.72 Å². The molecule has 1 heterocycles. The summed E-state index contributed by atoms with van der Waals surface area (Å²) in [7, 11) is 0. The van der Waals surface area contributed by atoms with Gasteiger partial charge in [0.25, 0.3) is 11.6 Å². The number of nitrogens with one attached hydrogen (secondary N) is 1. The van der Waals surface area contributed by atoms with Crippen LogP contribution >= 0.6 is 11.3 Å². The van der Waals surface area contributed by atoms with E-state index in [0.29, 0.717) is 5.13 Å². The van der Waals surface area contributed by atoms with Gasteiger partial charge in [-0.15, -0.1) is 10.2 Å². The topological polar surface area (TPSA) is 124 Å². The van der Waals surface area contributed by atoms with Crippen LogP contribution < -0.4 is 11.1 Å². The van der Waals surface area contributed by atoms with E-state index in [2.05, 4.69) is 22.4 Å². The number of nitrogen functional groups attached to an aromatic ring is 1. The molecule has 3 N–H and O–H groups in total. The second-order valence-electron chi connectivity index (χ2n) is 4.94. The van der Waals surface area contributed by atoms with Crippen LogP contribution in [0.15, 0.2) is 18.2 Å². The van der Waals surface area contributed by atoms with Crippen molar-refractivity contribution in [3.8, 4) is 0 Å². The van der Waals surface area contributed by atoms with E-state index in [0.717, 1.165) is 36.8 Å². The number of hydrogen-bond acceptors (Lipinski definition) is 7. The number of unbranched alkanes of at least 4 members (excludes halogenated alkanes) is 2. The third kappa shape index (κ3) is 4.46. The van der Waals surface area contributed by atoms with Gasteiger partial charge in [0.15, 0.2) is 0 Å². The zero-order chi connectivity index (χ0) is 16.8. The van der Waals surface area contributed by atoms with E-state index in [1.165, 1.54) is 23.5 Å². The molecule has 122 valence electrons. The van der Waals surface area contributed by atoms with E-state index in [1.807, 2.05) is 0 Å². The highest BCUT2D eigenvalue weighted by atomic mass is 32.1. The number of anilines is 2. The van der Waals surface area contributed by atoms with Crippen molar-refractivity contribution in [3.63, 3.8) is 0 Å². The number of hydrogen-bond donors (Lipinski definition) is 2. The number of rotatable bonds is 7. The first kappa shape index (κ1) is 16.8. The Labute approximate surface area is 136 Å². The number of nitro benzene ring substituents is 1. The maximum absolute atomic E-state index is 12.1. The predicted octanol–water partition coefficient (Wildman–Crippen LogP) is 3.01. The molecule has 1 aromatic carbocycles. The van der Waals surface area contributed by atoms with Gasteiger partial charge in [-0.2, -0.15) is 0 Å². The molecule has 0 saturated heterocycles. The van der Waals surface area contributed by atoms with Gasteiger partial charge in [0, 0.05) is 18.1 Å². The van der Waals surface area contributed by atoms with Gasteiger partial charge in [-0.1, -0.05) is 31.1 Å². The second-order valence-corrected chi connectivity index (χ2v) is 6.00. The Bertz CT molecular complexity index is 716. The maximum atomic E-state index is 12.1. The number of aryl methyl sites for hydroxylation is 1. The molecule has 9 heteroatoms. The van der Waals surface area contributed by atoms with Crippen LogP contribution in [-0.4, -0.2) is 21.0 Å². The van der Waals surface area contributed by atoms with E-state index < -0.39 is 10.8 Å². The van der Waals surface area contributed by atoms with Gasteiger partial charge >= 0.3 is 0 Å². The summed E-state index contributed by atoms with van der Waals surface area (Å²) in [5, 5.41) is 22.6. The first-order chi connectivity index (χ1) is 11.0. The molecule has 0 bridgehead atoms. The van der Waals surface area contributed by atoms with Crippen molar-refractivity contribution in [2.75, 3.05) is 11.1 Å². The lowest BCUT2D eigenvalue weighted by Gasteiger charge is -2.02. The molecule has 0 radical (unpaired) electrons. The van der Waals surface area contributed by atoms with Gasteiger partial charge in [0.2, 0.25) is 5.13 Å². The average molecular weight is 335 g/mol. The molecule has 0 aliphatic rings. The van der Waals surface area contributed by atoms with Crippen LogP contribution in [0.4, 0.5) is 16.5 Å². The van der Waals surface area contributed by atoms with Crippen LogP contribution in [0.5, 0.6) is 0 Å². The fraction of sp³-hybridized carbons (Fsp3) is 0.357. The summed E-state index contributed by atoms with van der Waals surface area (Å²) in [6.07, 6.45) is 4.10. The quantitative estimate of drug-likeness (QED) is 0.347. The van der Waals surface area contributed by atoms with Crippen molar-refractivity contribution in [2.45, 2.75) is 32.6 Å². The molecular formula is C14H17N5O3S. The summed E-state index contributed by atoms with van der Waals surface area (Å²) < 4.78 is 0. The predicted molar refractivity (Wildman–Crippen MR) is 88.6 cm³/mol. The highest BCUT2D eigenvalue weighted by Crippen LogP contribution is 2.23. The number of nitrogens with zero attached hydrogens (tertiary/aromatic N) is 3. The summed E-state index contributed by atoms with van der Waals surface area (Å²) in [4.78, 5) is 22.4. The standard InChI is InChI=1S/C14H17N5O3S/c1-2-3-4-5-12-17-18-14(23-12)16-13(20)9-6-7-10(15)11(8-9)19(21)22/h6-8H,2-5,15H2,1H3,(H,16,18,20). The highest BCUT2D eigenvalue weighted by molar-refractivity contribution is 7.15. The summed E-state index contributed by atoms with van der Waals surface area (Å²) >= 11 is 1.31. The van der Waals surface area contributed by atoms with Crippen LogP contribution in [0.2, 0.25) is 0 Å². The summed E-state index contributed by atoms with van der Waals surface area (Å²) in [6, 6.07) is 3.91. The van der Waals surface area contributed by atoms with Crippen LogP contribution in [-0.2, 0) is 6.42 Å². The first-order valence-corrected chi connectivity index (χ1v) is 8.00. The second kappa shape index (κ2) is 7.63. The third-order valence-corrected chi connectivity index (χ3v) is 4.07. The monoisotopic (exact) mass is 335 g/mol. The lowest BCUT2D eigenvalue weighted by molar-refractivity contribution is -0.383. The van der Waals surface area contributed by atoms with E-state index in [1.54, 1.807) is 0 Å². The van der Waals surface area contributed by atoms with Gasteiger partial charge in [-0.25, -0.2) is 0 Å². The zero-order valence-corrected chi connectivity index (χ0v) is 13.4. The number of nitrogens with two attached hydrogens (primary N) is 1. The number of aromatic nitrogens is 2. The largest absolute Gasteiger partial charge is 0.393 e. The molecule has 8 nitrogen and oxygen atoms in total. The van der Waals surface area contributed by atoms with Crippen LogP contribution in [0.1, 0.15) is 41.6 Å². The Morgan fingerprint density at radius 1 is 1.39 bits per heavy atom. The highest BCUT2D eigenvalue weighted by Gasteiger charge is 2.16. The molecule has 0 atom stereocenters. The number of amides is 1. The van der Waals surface area contributed by atoms with Crippen molar-refractivity contribution in [3.05, 3.63) is 38.9 Å². The van der Waals surface area contributed by atoms with Gasteiger partial charge in [0.05, 0.1) is 4.92 Å². The van der Waals surface area contributed by atoms with Crippen molar-refractivity contribution in [1.29, 1.82) is 0 Å². The van der Waals surface area contributed by atoms with Gasteiger partial charge < -0.3 is 5.73 Å². The van der Waals surface area contributed by atoms with Crippen molar-refractivity contribution in [2.24, 2.45) is 0 Å². The molecule has 0 fully saturated rings. The number of nitro groups is 1. The molecule has 0 unspecified atom stereocenters. The third-order valence-electron chi connectivity index (χ3n) is 3.17. The number of carbonyl (C=O) groups excluding carboxylic acids is 1. The van der Waals surface area contributed by atoms with Gasteiger partial charge in [-0.05, 0) is 18.6 Å². The van der Waals surface area contributed by atoms with Crippen LogP contribution in [0.3, 0.4) is 0 Å². The van der Waals surface area contributed by atoms with E-state index in [4.69, 9.17) is 5.73 Å². The minimum atomic E-state index is -0.622. The van der Waals surface area contributed by atoms with Crippen molar-refractivity contribution in [1.82, 2.24) is 10.2 Å². The van der Waals surface area contributed by atoms with Gasteiger partial charge in [0.1, 0.15) is 10.7 Å². The molecule has 0 aliphatic heterocycles. The molecular weight excluding hydrogens is 318 g/mol. The molecule has 0 spiro atoms. The molecule has 2 aromatic rings. The summed E-state index contributed by atoms with van der Waals surface area (Å²) in [6.45, 7) is 2.12. The van der Waals surface area contributed by atoms with E-state index in [-0.39, 0.29) is 16.9 Å². The number of benzene rings is 1. The maximum Gasteiger partial charge on any atom is 0.292 e. The Balaban J connectivity index is 2.04. The fourth-order valence-corrected chi connectivity index (χ4v) is 2.72. The Kier molecular flexibility index (Phi) is 5.58. The molecule has 23 heavy (non-hydrogen) atoms. The molecule has 2 rings (SSSR count). The van der Waals surface area contributed by atoms with Crippen LogP contribution in [0.25, 0.3) is 0 Å². The average Bonchev–Trinajstić information content (AvgIpc) is 2.95. The van der Waals surface area contributed by atoms with Crippen LogP contribution in [0, 0.1) is 10.1 Å². The van der Waals surface area contributed by atoms with Crippen molar-refractivity contribution >= 4 is 33.8 Å². The first-order valence-electron chi connectivity index (χ1n) is 7.19. The molecule has 0 saturated carbocycles. The van der Waals surface area contributed by atoms with E-state index in [9.17, 15) is 14.9 Å². The number of carbonyl (C=O) groups is 1. The normalized spacial score (nSPS) is 10.5. The molecule has 0 aliphatic carbocycles. The van der Waals surface area contributed by atoms with E-state index >= 15 is 0 Å². The zero-order valence-electron chi connectivity index (χ0n) is 12.6. The fourth-order valence-electron chi connectivity index (χ4n) is 1.94. The minimum Gasteiger partial charge on any atom is -0.393 e. The smallest absolute Gasteiger partial charge is 0.292 e. The minimum absolute atomic E-state index is 0.0145. The lowest BCUT2D eigenvalue weighted by Crippen LogP contribution is -2.12.